The van der Waals surface area contributed by atoms with Crippen LogP contribution in [0.3, 0.4) is 0 Å². The highest BCUT2D eigenvalue weighted by atomic mass is 16.5. The van der Waals surface area contributed by atoms with Gasteiger partial charge >= 0.3 is 0 Å². The molecule has 7 nitrogen and oxygen atoms in total. The Kier molecular flexibility index (Phi) is 17.8. The number of carbonyl (C=O) groups is 3. The van der Waals surface area contributed by atoms with E-state index >= 15 is 0 Å². The van der Waals surface area contributed by atoms with Crippen molar-refractivity contribution in [2.24, 2.45) is 0 Å². The molecule has 1 aliphatic rings. The van der Waals surface area contributed by atoms with Crippen molar-refractivity contribution in [3.8, 4) is 0 Å². The number of carbonyl (C=O) groups excluding carboxylic acids is 3. The molecule has 232 valence electrons. The average molecular weight is 588 g/mol. The van der Waals surface area contributed by atoms with E-state index in [1.54, 1.807) is 6.92 Å². The van der Waals surface area contributed by atoms with Crippen LogP contribution in [0, 0.1) is 0 Å². The summed E-state index contributed by atoms with van der Waals surface area (Å²) in [5.74, 6) is -0.613. The van der Waals surface area contributed by atoms with Gasteiger partial charge in [-0.3, -0.25) is 14.4 Å². The highest BCUT2D eigenvalue weighted by Crippen LogP contribution is 2.34. The van der Waals surface area contributed by atoms with Crippen LogP contribution in [0.4, 0.5) is 0 Å². The van der Waals surface area contributed by atoms with E-state index in [1.807, 2.05) is 30.3 Å². The van der Waals surface area contributed by atoms with Crippen molar-refractivity contribution in [3.05, 3.63) is 108 Å². The van der Waals surface area contributed by atoms with Gasteiger partial charge in [-0.1, -0.05) is 98.0 Å². The van der Waals surface area contributed by atoms with Gasteiger partial charge in [-0.15, -0.1) is 0 Å². The summed E-state index contributed by atoms with van der Waals surface area (Å²) in [7, 11) is 0. The second kappa shape index (κ2) is 21.7. The van der Waals surface area contributed by atoms with E-state index in [0.717, 1.165) is 44.9 Å². The molecule has 1 aliphatic heterocycles. The van der Waals surface area contributed by atoms with E-state index in [9.17, 15) is 14.4 Å². The predicted octanol–water partition coefficient (Wildman–Crippen LogP) is 6.13. The Labute approximate surface area is 257 Å². The molecular weight excluding hydrogens is 538 g/mol. The van der Waals surface area contributed by atoms with Crippen molar-refractivity contribution in [2.75, 3.05) is 26.2 Å². The zero-order valence-electron chi connectivity index (χ0n) is 25.9. The maximum absolute atomic E-state index is 12.5. The van der Waals surface area contributed by atoms with Crippen LogP contribution in [0.1, 0.15) is 70.8 Å². The third-order valence-electron chi connectivity index (χ3n) is 6.74. The molecule has 1 heterocycles. The maximum atomic E-state index is 12.5. The van der Waals surface area contributed by atoms with Gasteiger partial charge in [0.1, 0.15) is 0 Å². The second-order valence-electron chi connectivity index (χ2n) is 10.3. The minimum atomic E-state index is -1.18. The number of unbranched alkanes of at least 4 members (excludes halogenated alkanes) is 1. The molecule has 2 rings (SSSR count). The molecule has 0 bridgehead atoms. The van der Waals surface area contributed by atoms with Crippen LogP contribution in [-0.2, 0) is 24.7 Å². The lowest BCUT2D eigenvalue weighted by Gasteiger charge is -2.24. The minimum Gasteiger partial charge on any atom is -0.469 e. The Balaban J connectivity index is 1.42. The van der Waals surface area contributed by atoms with Gasteiger partial charge in [0.25, 0.3) is 5.91 Å². The highest BCUT2D eigenvalue weighted by molar-refractivity contribution is 6.07. The van der Waals surface area contributed by atoms with E-state index in [4.69, 9.17) is 4.74 Å². The SMILES string of the molecule is CCC=CCC=CCC=CCC=CCC=CCCCC(=O)NCCNCCNC(=O)C1=CC(=O)C(C)(c2ccccc2)O1. The topological polar surface area (TPSA) is 96.5 Å². The fraction of sp³-hybridized carbons (Fsp3) is 0.417. The Morgan fingerprint density at radius 2 is 1.33 bits per heavy atom. The Morgan fingerprint density at radius 3 is 1.93 bits per heavy atom. The minimum absolute atomic E-state index is 0.0215. The van der Waals surface area contributed by atoms with Crippen molar-refractivity contribution >= 4 is 17.6 Å². The first kappa shape index (κ1) is 35.2. The quantitative estimate of drug-likeness (QED) is 0.119. The van der Waals surface area contributed by atoms with Crippen LogP contribution in [0.2, 0.25) is 0 Å². The first-order chi connectivity index (χ1) is 21.0. The van der Waals surface area contributed by atoms with Crippen molar-refractivity contribution in [3.63, 3.8) is 0 Å². The monoisotopic (exact) mass is 587 g/mol. The van der Waals surface area contributed by atoms with Crippen LogP contribution in [0.15, 0.2) is 103 Å². The molecule has 0 aliphatic carbocycles. The molecule has 0 radical (unpaired) electrons. The van der Waals surface area contributed by atoms with E-state index in [1.165, 1.54) is 6.08 Å². The second-order valence-corrected chi connectivity index (χ2v) is 10.3. The Morgan fingerprint density at radius 1 is 0.767 bits per heavy atom. The van der Waals surface area contributed by atoms with Crippen LogP contribution in [0.25, 0.3) is 0 Å². The Bertz CT molecular complexity index is 1160. The number of nitrogens with one attached hydrogen (secondary N) is 3. The number of amides is 2. The summed E-state index contributed by atoms with van der Waals surface area (Å²) in [6.07, 6.45) is 30.2. The summed E-state index contributed by atoms with van der Waals surface area (Å²) in [4.78, 5) is 36.9. The average Bonchev–Trinajstić information content (AvgIpc) is 3.33. The molecule has 1 aromatic rings. The standard InChI is InChI=1S/C36H49N3O4/c1-3-4-5-6-7-8-9-10-11-12-13-14-15-16-17-18-22-25-34(41)38-28-26-37-27-29-39-35(42)32-30-33(40)36(2,43-32)31-23-20-19-21-24-31/h4-5,7-8,10-11,13-14,16-17,19-21,23-24,30,37H,3,6,9,12,15,18,22,25-29H2,1-2H3,(H,38,41)(H,39,42). The molecule has 1 aromatic carbocycles. The lowest BCUT2D eigenvalue weighted by atomic mass is 9.92. The van der Waals surface area contributed by atoms with Gasteiger partial charge in [-0.05, 0) is 51.9 Å². The molecule has 7 heteroatoms. The fourth-order valence-corrected chi connectivity index (χ4v) is 4.23. The molecular formula is C36H49N3O4. The van der Waals surface area contributed by atoms with E-state index in [2.05, 4.69) is 83.6 Å². The molecule has 3 N–H and O–H groups in total. The van der Waals surface area contributed by atoms with Crippen molar-refractivity contribution < 1.29 is 19.1 Å². The van der Waals surface area contributed by atoms with Crippen molar-refractivity contribution in [1.82, 2.24) is 16.0 Å². The molecule has 2 amide bonds. The molecule has 0 aromatic heterocycles. The summed E-state index contributed by atoms with van der Waals surface area (Å²) in [6, 6.07) is 9.14. The summed E-state index contributed by atoms with van der Waals surface area (Å²) < 4.78 is 5.75. The number of ketones is 1. The van der Waals surface area contributed by atoms with Crippen molar-refractivity contribution in [1.29, 1.82) is 0 Å². The van der Waals surface area contributed by atoms with Gasteiger partial charge in [0.05, 0.1) is 0 Å². The van der Waals surface area contributed by atoms with Crippen molar-refractivity contribution in [2.45, 2.75) is 70.8 Å². The summed E-state index contributed by atoms with van der Waals surface area (Å²) in [5, 5.41) is 8.84. The zero-order valence-corrected chi connectivity index (χ0v) is 25.9. The molecule has 0 spiro atoms. The Hall–Kier alpha value is -3.97. The van der Waals surface area contributed by atoms with E-state index in [-0.39, 0.29) is 17.4 Å². The zero-order chi connectivity index (χ0) is 31.0. The predicted molar refractivity (Wildman–Crippen MR) is 175 cm³/mol. The molecule has 0 saturated carbocycles. The molecule has 1 unspecified atom stereocenters. The van der Waals surface area contributed by atoms with Crippen LogP contribution in [-0.4, -0.2) is 43.8 Å². The van der Waals surface area contributed by atoms with Gasteiger partial charge in [0.2, 0.25) is 11.7 Å². The normalized spacial score (nSPS) is 17.1. The summed E-state index contributed by atoms with van der Waals surface area (Å²) in [5.41, 5.74) is -0.476. The number of hydrogen-bond acceptors (Lipinski definition) is 5. The van der Waals surface area contributed by atoms with Gasteiger partial charge in [-0.2, -0.15) is 0 Å². The lowest BCUT2D eigenvalue weighted by molar-refractivity contribution is -0.132. The molecule has 1 atom stereocenters. The lowest BCUT2D eigenvalue weighted by Crippen LogP contribution is -2.37. The third-order valence-corrected chi connectivity index (χ3v) is 6.74. The number of benzene rings is 1. The third kappa shape index (κ3) is 14.7. The molecule has 43 heavy (non-hydrogen) atoms. The van der Waals surface area contributed by atoms with Gasteiger partial charge in [0.15, 0.2) is 11.4 Å². The number of ether oxygens (including phenoxy) is 1. The van der Waals surface area contributed by atoms with Gasteiger partial charge in [-0.25, -0.2) is 0 Å². The summed E-state index contributed by atoms with van der Waals surface area (Å²) >= 11 is 0. The number of rotatable bonds is 21. The first-order valence-corrected chi connectivity index (χ1v) is 15.5. The van der Waals surface area contributed by atoms with Gasteiger partial charge < -0.3 is 20.7 Å². The van der Waals surface area contributed by atoms with Crippen LogP contribution in [0.5, 0.6) is 0 Å². The largest absolute Gasteiger partial charge is 0.469 e. The smallest absolute Gasteiger partial charge is 0.286 e. The molecule has 0 saturated heterocycles. The van der Waals surface area contributed by atoms with E-state index in [0.29, 0.717) is 38.2 Å². The number of allylic oxidation sites excluding steroid dienone is 10. The maximum Gasteiger partial charge on any atom is 0.286 e. The number of hydrogen-bond donors (Lipinski definition) is 3. The summed E-state index contributed by atoms with van der Waals surface area (Å²) in [6.45, 7) is 5.83. The van der Waals surface area contributed by atoms with E-state index < -0.39 is 11.5 Å². The molecule has 0 fully saturated rings. The fourth-order valence-electron chi connectivity index (χ4n) is 4.23. The van der Waals surface area contributed by atoms with Gasteiger partial charge in [0, 0.05) is 44.2 Å². The highest BCUT2D eigenvalue weighted by Gasteiger charge is 2.43. The first-order valence-electron chi connectivity index (χ1n) is 15.5. The van der Waals surface area contributed by atoms with Crippen LogP contribution < -0.4 is 16.0 Å². The van der Waals surface area contributed by atoms with Crippen LogP contribution >= 0.6 is 0 Å².